The van der Waals surface area contributed by atoms with Gasteiger partial charge in [0, 0.05) is 13.1 Å². The largest absolute Gasteiger partial charge is 0.478 e. The van der Waals surface area contributed by atoms with Gasteiger partial charge in [-0.15, -0.1) is 0 Å². The Balaban J connectivity index is 2.28. The molecule has 100 valence electrons. The van der Waals surface area contributed by atoms with Crippen LogP contribution in [0.1, 0.15) is 15.9 Å². The first-order valence-electron chi connectivity index (χ1n) is 5.71. The number of carboxylic acid groups (broad SMARTS) is 1. The topological polar surface area (TPSA) is 81.0 Å². The molecular formula is C12H17NO4S. The molecule has 0 amide bonds. The molecule has 0 spiro atoms. The molecule has 0 aliphatic carbocycles. The maximum absolute atomic E-state index is 11.2. The van der Waals surface area contributed by atoms with Gasteiger partial charge in [-0.25, -0.2) is 4.79 Å². The Morgan fingerprint density at radius 2 is 1.89 bits per heavy atom. The molecule has 18 heavy (non-hydrogen) atoms. The van der Waals surface area contributed by atoms with Gasteiger partial charge in [-0.3, -0.25) is 9.11 Å². The molecule has 0 radical (unpaired) electrons. The van der Waals surface area contributed by atoms with E-state index in [9.17, 15) is 13.9 Å². The zero-order valence-electron chi connectivity index (χ0n) is 10.2. The van der Waals surface area contributed by atoms with Gasteiger partial charge in [0.2, 0.25) is 0 Å². The van der Waals surface area contributed by atoms with Crippen LogP contribution in [0.15, 0.2) is 18.2 Å². The molecule has 0 bridgehead atoms. The smallest absolute Gasteiger partial charge is 0.337 e. The van der Waals surface area contributed by atoms with Crippen molar-refractivity contribution >= 4 is 22.2 Å². The van der Waals surface area contributed by atoms with Crippen molar-refractivity contribution in [3.05, 3.63) is 29.3 Å². The molecular weight excluding hydrogens is 254 g/mol. The molecule has 0 aromatic heterocycles. The van der Waals surface area contributed by atoms with E-state index in [1.54, 1.807) is 12.1 Å². The third kappa shape index (κ3) is 2.77. The summed E-state index contributed by atoms with van der Waals surface area (Å²) in [5.74, 6) is -0.345. The number of anilines is 1. The second-order valence-electron chi connectivity index (χ2n) is 4.52. The molecule has 0 saturated carbocycles. The number of hydrogen-bond acceptors (Lipinski definition) is 4. The predicted molar refractivity (Wildman–Crippen MR) is 72.9 cm³/mol. The maximum Gasteiger partial charge on any atom is 0.337 e. The summed E-state index contributed by atoms with van der Waals surface area (Å²) in [5.41, 5.74) is 1.92. The lowest BCUT2D eigenvalue weighted by atomic mass is 10.1. The van der Waals surface area contributed by atoms with Gasteiger partial charge in [-0.1, -0.05) is 6.07 Å². The minimum Gasteiger partial charge on any atom is -0.478 e. The van der Waals surface area contributed by atoms with Crippen LogP contribution in [0.5, 0.6) is 0 Å². The van der Waals surface area contributed by atoms with Crippen molar-refractivity contribution in [3.8, 4) is 0 Å². The number of carbonyl (C=O) groups is 1. The second-order valence-corrected chi connectivity index (χ2v) is 6.94. The van der Waals surface area contributed by atoms with Gasteiger partial charge >= 0.3 is 5.97 Å². The van der Waals surface area contributed by atoms with Crippen LogP contribution in [0, 0.1) is 6.92 Å². The van der Waals surface area contributed by atoms with Crippen LogP contribution in [0.3, 0.4) is 0 Å². The highest BCUT2D eigenvalue weighted by molar-refractivity contribution is 8.24. The Morgan fingerprint density at radius 1 is 1.28 bits per heavy atom. The van der Waals surface area contributed by atoms with Gasteiger partial charge in [-0.2, -0.15) is 10.6 Å². The van der Waals surface area contributed by atoms with E-state index >= 15 is 0 Å². The van der Waals surface area contributed by atoms with E-state index in [4.69, 9.17) is 5.11 Å². The molecule has 1 heterocycles. The lowest BCUT2D eigenvalue weighted by Gasteiger charge is -2.42. The lowest BCUT2D eigenvalue weighted by Crippen LogP contribution is -2.39. The molecule has 1 aromatic carbocycles. The van der Waals surface area contributed by atoms with Crippen LogP contribution in [0.25, 0.3) is 0 Å². The number of aromatic carboxylic acids is 1. The van der Waals surface area contributed by atoms with E-state index in [2.05, 4.69) is 0 Å². The van der Waals surface area contributed by atoms with Crippen molar-refractivity contribution in [2.45, 2.75) is 6.92 Å². The summed E-state index contributed by atoms with van der Waals surface area (Å²) in [6.45, 7) is 2.87. The molecule has 2 rings (SSSR count). The van der Waals surface area contributed by atoms with Crippen molar-refractivity contribution < 1.29 is 19.0 Å². The fourth-order valence-electron chi connectivity index (χ4n) is 2.05. The Kier molecular flexibility index (Phi) is 3.52. The van der Waals surface area contributed by atoms with Gasteiger partial charge in [-0.05, 0) is 24.6 Å². The summed E-state index contributed by atoms with van der Waals surface area (Å²) in [5, 5.41) is 9.17. The Morgan fingerprint density at radius 3 is 2.44 bits per heavy atom. The Bertz CT molecular complexity index is 465. The zero-order valence-corrected chi connectivity index (χ0v) is 11.0. The highest BCUT2D eigenvalue weighted by Gasteiger charge is 2.25. The molecule has 0 atom stereocenters. The van der Waals surface area contributed by atoms with E-state index in [1.165, 1.54) is 0 Å². The SMILES string of the molecule is Cc1ccc(C(=O)O)c(N2CCS(O)(O)CC2)c1. The van der Waals surface area contributed by atoms with Crippen molar-refractivity contribution in [3.63, 3.8) is 0 Å². The number of rotatable bonds is 2. The number of carboxylic acids is 1. The van der Waals surface area contributed by atoms with E-state index in [1.807, 2.05) is 17.9 Å². The van der Waals surface area contributed by atoms with Crippen molar-refractivity contribution in [2.24, 2.45) is 0 Å². The van der Waals surface area contributed by atoms with Crippen LogP contribution in [-0.4, -0.2) is 44.8 Å². The van der Waals surface area contributed by atoms with Crippen molar-refractivity contribution in [1.29, 1.82) is 0 Å². The first-order chi connectivity index (χ1) is 8.39. The van der Waals surface area contributed by atoms with Crippen LogP contribution < -0.4 is 4.90 Å². The number of aryl methyl sites for hydroxylation is 1. The number of benzene rings is 1. The molecule has 1 aliphatic rings. The first kappa shape index (κ1) is 13.2. The molecule has 0 unspecified atom stereocenters. The molecule has 1 aliphatic heterocycles. The van der Waals surface area contributed by atoms with Gasteiger partial charge in [0.15, 0.2) is 0 Å². The van der Waals surface area contributed by atoms with Crippen LogP contribution in [0.2, 0.25) is 0 Å². The fraction of sp³-hybridized carbons (Fsp3) is 0.417. The summed E-state index contributed by atoms with van der Waals surface area (Å²) in [6.07, 6.45) is 0. The molecule has 6 heteroatoms. The first-order valence-corrected chi connectivity index (χ1v) is 7.60. The quantitative estimate of drug-likeness (QED) is 0.768. The molecule has 3 N–H and O–H groups in total. The minimum atomic E-state index is -2.46. The second kappa shape index (κ2) is 4.79. The van der Waals surface area contributed by atoms with E-state index in [-0.39, 0.29) is 5.56 Å². The van der Waals surface area contributed by atoms with Crippen molar-refractivity contribution in [1.82, 2.24) is 0 Å². The molecule has 5 nitrogen and oxygen atoms in total. The van der Waals surface area contributed by atoms with Crippen LogP contribution in [0.4, 0.5) is 5.69 Å². The third-order valence-electron chi connectivity index (χ3n) is 3.10. The van der Waals surface area contributed by atoms with Gasteiger partial charge in [0.05, 0.1) is 22.8 Å². The highest BCUT2D eigenvalue weighted by Crippen LogP contribution is 2.41. The zero-order chi connectivity index (χ0) is 13.3. The summed E-state index contributed by atoms with van der Waals surface area (Å²) in [4.78, 5) is 13.1. The minimum absolute atomic E-state index is 0.263. The normalized spacial score (nSPS) is 20.5. The van der Waals surface area contributed by atoms with Crippen LogP contribution in [-0.2, 0) is 0 Å². The number of hydrogen-bond donors (Lipinski definition) is 3. The summed E-state index contributed by atoms with van der Waals surface area (Å²) < 4.78 is 19.1. The number of nitrogens with zero attached hydrogens (tertiary/aromatic N) is 1. The predicted octanol–water partition coefficient (Wildman–Crippen LogP) is 2.26. The van der Waals surface area contributed by atoms with E-state index in [0.717, 1.165) is 5.56 Å². The van der Waals surface area contributed by atoms with E-state index < -0.39 is 16.6 Å². The summed E-state index contributed by atoms with van der Waals surface area (Å²) in [6, 6.07) is 5.20. The Labute approximate surface area is 107 Å². The standard InChI is InChI=1S/C12H17NO4S/c1-9-2-3-10(12(14)15)11(8-9)13-4-6-18(16,17)7-5-13/h2-3,8,16-17H,4-7H2,1H3,(H,14,15). The monoisotopic (exact) mass is 271 g/mol. The van der Waals surface area contributed by atoms with E-state index in [0.29, 0.717) is 30.3 Å². The maximum atomic E-state index is 11.2. The van der Waals surface area contributed by atoms with Gasteiger partial charge in [0.1, 0.15) is 0 Å². The van der Waals surface area contributed by atoms with Gasteiger partial charge < -0.3 is 10.0 Å². The highest BCUT2D eigenvalue weighted by atomic mass is 32.3. The molecule has 1 saturated heterocycles. The molecule has 1 aromatic rings. The lowest BCUT2D eigenvalue weighted by molar-refractivity contribution is 0.0697. The third-order valence-corrected chi connectivity index (χ3v) is 4.77. The molecule has 1 fully saturated rings. The van der Waals surface area contributed by atoms with Crippen LogP contribution >= 0.6 is 10.6 Å². The average molecular weight is 271 g/mol. The summed E-state index contributed by atoms with van der Waals surface area (Å²) >= 11 is 0. The van der Waals surface area contributed by atoms with Crippen molar-refractivity contribution in [2.75, 3.05) is 29.5 Å². The Hall–Kier alpha value is -1.24. The average Bonchev–Trinajstić information content (AvgIpc) is 2.28. The fourth-order valence-corrected chi connectivity index (χ4v) is 3.28. The van der Waals surface area contributed by atoms with Gasteiger partial charge in [0.25, 0.3) is 0 Å². The summed E-state index contributed by atoms with van der Waals surface area (Å²) in [7, 11) is -2.46.